The molecule has 0 bridgehead atoms. The van der Waals surface area contributed by atoms with Crippen molar-refractivity contribution in [2.75, 3.05) is 26.4 Å². The van der Waals surface area contributed by atoms with Gasteiger partial charge in [0.05, 0.1) is 6.10 Å². The molecule has 1 saturated heterocycles. The summed E-state index contributed by atoms with van der Waals surface area (Å²) in [7, 11) is -3.43. The van der Waals surface area contributed by atoms with Crippen LogP contribution in [0.2, 0.25) is 0 Å². The van der Waals surface area contributed by atoms with Crippen molar-refractivity contribution in [1.82, 2.24) is 9.62 Å². The molecule has 0 saturated carbocycles. The van der Waals surface area contributed by atoms with Gasteiger partial charge >= 0.3 is 0 Å². The Bertz CT molecular complexity index is 877. The fraction of sp³-hybridized carbons (Fsp3) is 0.444. The summed E-state index contributed by atoms with van der Waals surface area (Å²) in [5.74, 6) is 1.36. The molecule has 1 aromatic heterocycles. The van der Waals surface area contributed by atoms with E-state index in [0.717, 1.165) is 31.5 Å². The third-order valence-corrected chi connectivity index (χ3v) is 7.80. The normalized spacial score (nSPS) is 19.3. The van der Waals surface area contributed by atoms with Crippen molar-refractivity contribution in [3.63, 3.8) is 0 Å². The van der Waals surface area contributed by atoms with E-state index in [1.54, 1.807) is 17.5 Å². The van der Waals surface area contributed by atoms with Crippen LogP contribution in [0.1, 0.15) is 24.5 Å². The minimum absolute atomic E-state index is 0.0731. The molecule has 1 atom stereocenters. The number of nitrogens with one attached hydrogen (secondary N) is 1. The van der Waals surface area contributed by atoms with E-state index in [1.807, 2.05) is 18.2 Å². The minimum atomic E-state index is -3.43. The molecule has 4 rings (SSSR count). The van der Waals surface area contributed by atoms with Crippen LogP contribution >= 0.6 is 11.3 Å². The molecule has 2 N–H and O–H groups in total. The Morgan fingerprint density at radius 3 is 2.74 bits per heavy atom. The van der Waals surface area contributed by atoms with E-state index in [0.29, 0.717) is 22.3 Å². The van der Waals surface area contributed by atoms with Crippen LogP contribution in [-0.2, 0) is 10.0 Å². The van der Waals surface area contributed by atoms with Gasteiger partial charge in [0.15, 0.2) is 11.5 Å². The smallest absolute Gasteiger partial charge is 0.250 e. The quantitative estimate of drug-likeness (QED) is 0.757. The molecule has 2 aliphatic heterocycles. The molecule has 0 radical (unpaired) electrons. The van der Waals surface area contributed by atoms with Crippen LogP contribution in [-0.4, -0.2) is 50.9 Å². The molecular formula is C18H22N2O5S2. The molecule has 27 heavy (non-hydrogen) atoms. The summed E-state index contributed by atoms with van der Waals surface area (Å²) in [4.78, 5) is 2.16. The topological polar surface area (TPSA) is 88.1 Å². The van der Waals surface area contributed by atoms with Crippen molar-refractivity contribution >= 4 is 21.4 Å². The van der Waals surface area contributed by atoms with Crippen LogP contribution in [0.25, 0.3) is 0 Å². The Kier molecular flexibility index (Phi) is 5.38. The second-order valence-electron chi connectivity index (χ2n) is 6.76. The van der Waals surface area contributed by atoms with Crippen LogP contribution in [0.5, 0.6) is 11.5 Å². The monoisotopic (exact) mass is 410 g/mol. The summed E-state index contributed by atoms with van der Waals surface area (Å²) >= 11 is 1.22. The molecule has 0 aliphatic carbocycles. The predicted molar refractivity (Wildman–Crippen MR) is 102 cm³/mol. The maximum Gasteiger partial charge on any atom is 0.250 e. The second kappa shape index (κ2) is 7.76. The summed E-state index contributed by atoms with van der Waals surface area (Å²) in [5.41, 5.74) is 0.791. The van der Waals surface area contributed by atoms with Gasteiger partial charge < -0.3 is 19.5 Å². The number of thiophene rings is 1. The van der Waals surface area contributed by atoms with E-state index < -0.39 is 16.1 Å². The van der Waals surface area contributed by atoms with E-state index in [4.69, 9.17) is 9.47 Å². The maximum absolute atomic E-state index is 12.3. The number of benzene rings is 1. The number of aliphatic hydroxyl groups excluding tert-OH is 1. The number of ether oxygens (including phenoxy) is 2. The van der Waals surface area contributed by atoms with Gasteiger partial charge in [-0.15, -0.1) is 11.3 Å². The minimum Gasteiger partial charge on any atom is -0.454 e. The lowest BCUT2D eigenvalue weighted by Gasteiger charge is -2.33. The molecular weight excluding hydrogens is 388 g/mol. The highest BCUT2D eigenvalue weighted by atomic mass is 32.2. The highest BCUT2D eigenvalue weighted by Gasteiger charge is 2.26. The molecule has 1 fully saturated rings. The lowest BCUT2D eigenvalue weighted by molar-refractivity contribution is 0.0961. The zero-order chi connectivity index (χ0) is 18.9. The van der Waals surface area contributed by atoms with E-state index >= 15 is 0 Å². The largest absolute Gasteiger partial charge is 0.454 e. The fourth-order valence-corrected chi connectivity index (χ4v) is 5.71. The number of likely N-dealkylation sites (tertiary alicyclic amines) is 1. The van der Waals surface area contributed by atoms with E-state index in [-0.39, 0.29) is 12.8 Å². The third kappa shape index (κ3) is 4.27. The SMILES string of the molecule is O=S(=O)(NC1CCN(C[C@@H](O)c2ccc3c(c2)OCO3)CC1)c1cccs1. The highest BCUT2D eigenvalue weighted by molar-refractivity contribution is 7.91. The van der Waals surface area contributed by atoms with Gasteiger partial charge in [0.1, 0.15) is 4.21 Å². The number of sulfonamides is 1. The molecule has 7 nitrogen and oxygen atoms in total. The number of nitrogens with zero attached hydrogens (tertiary/aromatic N) is 1. The van der Waals surface area contributed by atoms with Gasteiger partial charge in [0.2, 0.25) is 16.8 Å². The van der Waals surface area contributed by atoms with Crippen LogP contribution < -0.4 is 14.2 Å². The maximum atomic E-state index is 12.3. The number of piperidine rings is 1. The van der Waals surface area contributed by atoms with E-state index in [2.05, 4.69) is 9.62 Å². The average molecular weight is 411 g/mol. The average Bonchev–Trinajstić information content (AvgIpc) is 3.34. The van der Waals surface area contributed by atoms with Crippen molar-refractivity contribution in [3.05, 3.63) is 41.3 Å². The standard InChI is InChI=1S/C18H22N2O5S2/c21-15(13-3-4-16-17(10-13)25-12-24-16)11-20-7-5-14(6-8-20)19-27(22,23)18-2-1-9-26-18/h1-4,9-10,14-15,19,21H,5-8,11-12H2/t15-/m1/s1. The molecule has 146 valence electrons. The lowest BCUT2D eigenvalue weighted by atomic mass is 10.0. The summed E-state index contributed by atoms with van der Waals surface area (Å²) in [5, 5.41) is 12.3. The summed E-state index contributed by atoms with van der Waals surface area (Å²) < 4.78 is 38.4. The van der Waals surface area contributed by atoms with Crippen LogP contribution in [0.3, 0.4) is 0 Å². The van der Waals surface area contributed by atoms with Gasteiger partial charge in [0.25, 0.3) is 0 Å². The van der Waals surface area contributed by atoms with Gasteiger partial charge in [0, 0.05) is 12.6 Å². The van der Waals surface area contributed by atoms with E-state index in [9.17, 15) is 13.5 Å². The molecule has 1 aromatic carbocycles. The van der Waals surface area contributed by atoms with Crippen LogP contribution in [0.4, 0.5) is 0 Å². The number of hydrogen-bond donors (Lipinski definition) is 2. The predicted octanol–water partition coefficient (Wildman–Crippen LogP) is 1.95. The van der Waals surface area contributed by atoms with Crippen LogP contribution in [0.15, 0.2) is 39.9 Å². The molecule has 0 amide bonds. The lowest BCUT2D eigenvalue weighted by Crippen LogP contribution is -2.45. The summed E-state index contributed by atoms with van der Waals surface area (Å²) in [6, 6.07) is 8.75. The summed E-state index contributed by atoms with van der Waals surface area (Å²) in [6.45, 7) is 2.19. The van der Waals surface area contributed by atoms with Crippen LogP contribution in [0, 0.1) is 0 Å². The molecule has 0 spiro atoms. The molecule has 0 unspecified atom stereocenters. The van der Waals surface area contributed by atoms with Crippen molar-refractivity contribution < 1.29 is 23.0 Å². The number of rotatable bonds is 6. The van der Waals surface area contributed by atoms with Crippen molar-refractivity contribution in [3.8, 4) is 11.5 Å². The number of hydrogen-bond acceptors (Lipinski definition) is 7. The first-order valence-electron chi connectivity index (χ1n) is 8.87. The zero-order valence-electron chi connectivity index (χ0n) is 14.7. The Hall–Kier alpha value is -1.65. The molecule has 2 aliphatic rings. The molecule has 9 heteroatoms. The molecule has 3 heterocycles. The van der Waals surface area contributed by atoms with Crippen molar-refractivity contribution in [2.24, 2.45) is 0 Å². The second-order valence-corrected chi connectivity index (χ2v) is 9.65. The van der Waals surface area contributed by atoms with Gasteiger partial charge in [-0.2, -0.15) is 0 Å². The Labute approximate surface area is 162 Å². The Morgan fingerprint density at radius 2 is 2.00 bits per heavy atom. The highest BCUT2D eigenvalue weighted by Crippen LogP contribution is 2.34. The van der Waals surface area contributed by atoms with Crippen molar-refractivity contribution in [1.29, 1.82) is 0 Å². The first-order valence-corrected chi connectivity index (χ1v) is 11.2. The Balaban J connectivity index is 1.29. The van der Waals surface area contributed by atoms with Gasteiger partial charge in [-0.3, -0.25) is 0 Å². The molecule has 2 aromatic rings. The first-order chi connectivity index (χ1) is 13.0. The van der Waals surface area contributed by atoms with Crippen molar-refractivity contribution in [2.45, 2.75) is 29.2 Å². The first kappa shape index (κ1) is 18.7. The number of aliphatic hydroxyl groups is 1. The fourth-order valence-electron chi connectivity index (χ4n) is 3.40. The van der Waals surface area contributed by atoms with Gasteiger partial charge in [-0.05, 0) is 55.1 Å². The van der Waals surface area contributed by atoms with E-state index in [1.165, 1.54) is 11.3 Å². The van der Waals surface area contributed by atoms with Gasteiger partial charge in [-0.1, -0.05) is 12.1 Å². The zero-order valence-corrected chi connectivity index (χ0v) is 16.3. The number of β-amino-alcohol motifs (C(OH)–C–C–N with tert-alkyl or cyclic N) is 1. The summed E-state index contributed by atoms with van der Waals surface area (Å²) in [6.07, 6.45) is 0.815. The number of fused-ring (bicyclic) bond motifs is 1. The Morgan fingerprint density at radius 1 is 1.22 bits per heavy atom. The third-order valence-electron chi connectivity index (χ3n) is 4.88. The van der Waals surface area contributed by atoms with Gasteiger partial charge in [-0.25, -0.2) is 13.1 Å².